The first-order valence-corrected chi connectivity index (χ1v) is 13.8. The molecular weight excluding hydrogens is 531 g/mol. The van der Waals surface area contributed by atoms with Gasteiger partial charge in [0.05, 0.1) is 34.6 Å². The summed E-state index contributed by atoms with van der Waals surface area (Å²) in [5.41, 5.74) is 4.17. The van der Waals surface area contributed by atoms with Crippen molar-refractivity contribution >= 4 is 28.7 Å². The summed E-state index contributed by atoms with van der Waals surface area (Å²) in [6.07, 6.45) is 3.17. The van der Waals surface area contributed by atoms with Crippen LogP contribution in [0.5, 0.6) is 11.6 Å². The highest BCUT2D eigenvalue weighted by atomic mass is 32.1. The SMILES string of the molecule is CCOc1ncccc1-c1ccc(OC2CC3(C2)CN(c2ccc(F)cc2C#N)C3)c(C(=O)Nc2cscn2)n1. The molecule has 2 aliphatic rings. The van der Waals surface area contributed by atoms with Crippen LogP contribution in [0.15, 0.2) is 59.6 Å². The standard InChI is InChI=1S/C29H25FN6O3S/c1-2-38-28-21(4-3-9-32-28)22-6-8-24(26(34-22)27(37)35-25-14-40-17-33-25)39-20-11-29(12-20)15-36(16-29)23-7-5-19(30)10-18(23)13-31/h3-10,14,17,20H,2,11-12,15-16H2,1H3,(H,35,37). The first-order chi connectivity index (χ1) is 19.5. The minimum Gasteiger partial charge on any atom is -0.488 e. The molecule has 6 rings (SSSR count). The summed E-state index contributed by atoms with van der Waals surface area (Å²) in [5.74, 6) is 0.431. The fourth-order valence-corrected chi connectivity index (χ4v) is 5.86. The number of hydrogen-bond donors (Lipinski definition) is 1. The van der Waals surface area contributed by atoms with Crippen LogP contribution in [0.1, 0.15) is 35.8 Å². The van der Waals surface area contributed by atoms with Crippen molar-refractivity contribution in [1.29, 1.82) is 5.26 Å². The summed E-state index contributed by atoms with van der Waals surface area (Å²) in [6.45, 7) is 3.86. The van der Waals surface area contributed by atoms with E-state index in [0.29, 0.717) is 40.9 Å². The van der Waals surface area contributed by atoms with Gasteiger partial charge in [0.1, 0.15) is 23.8 Å². The number of thiazole rings is 1. The van der Waals surface area contributed by atoms with E-state index in [0.717, 1.165) is 31.6 Å². The molecule has 202 valence electrons. The molecule has 1 aliphatic carbocycles. The topological polar surface area (TPSA) is 113 Å². The van der Waals surface area contributed by atoms with Crippen LogP contribution >= 0.6 is 11.3 Å². The van der Waals surface area contributed by atoms with Gasteiger partial charge in [0, 0.05) is 30.1 Å². The zero-order valence-corrected chi connectivity index (χ0v) is 22.4. The molecule has 3 aromatic heterocycles. The minimum atomic E-state index is -0.422. The van der Waals surface area contributed by atoms with Gasteiger partial charge < -0.3 is 19.7 Å². The molecule has 1 amide bonds. The van der Waals surface area contributed by atoms with Crippen LogP contribution in [-0.4, -0.2) is 46.7 Å². The minimum absolute atomic E-state index is 0.0737. The van der Waals surface area contributed by atoms with Crippen LogP contribution in [0, 0.1) is 22.6 Å². The lowest BCUT2D eigenvalue weighted by Crippen LogP contribution is -2.65. The Kier molecular flexibility index (Phi) is 6.77. The van der Waals surface area contributed by atoms with Crippen molar-refractivity contribution in [3.63, 3.8) is 0 Å². The molecule has 4 heterocycles. The van der Waals surface area contributed by atoms with Crippen molar-refractivity contribution in [3.05, 3.63) is 76.6 Å². The Balaban J connectivity index is 1.19. The van der Waals surface area contributed by atoms with Crippen molar-refractivity contribution in [2.75, 3.05) is 29.9 Å². The summed E-state index contributed by atoms with van der Waals surface area (Å²) in [7, 11) is 0. The fourth-order valence-electron chi connectivity index (χ4n) is 5.38. The highest BCUT2D eigenvalue weighted by Crippen LogP contribution is 2.51. The quantitative estimate of drug-likeness (QED) is 0.311. The van der Waals surface area contributed by atoms with Gasteiger partial charge in [-0.3, -0.25) is 4.79 Å². The zero-order chi connectivity index (χ0) is 27.7. The first kappa shape index (κ1) is 25.7. The number of nitrogens with zero attached hydrogens (tertiary/aromatic N) is 5. The predicted octanol–water partition coefficient (Wildman–Crippen LogP) is 5.31. The average Bonchev–Trinajstić information content (AvgIpc) is 3.43. The number of nitrogens with one attached hydrogen (secondary N) is 1. The second kappa shape index (κ2) is 10.5. The maximum atomic E-state index is 13.5. The van der Waals surface area contributed by atoms with Crippen LogP contribution in [0.4, 0.5) is 15.9 Å². The lowest BCUT2D eigenvalue weighted by Gasteiger charge is -2.59. The Morgan fingerprint density at radius 2 is 2.10 bits per heavy atom. The third-order valence-corrected chi connectivity index (χ3v) is 7.75. The molecule has 0 bridgehead atoms. The van der Waals surface area contributed by atoms with E-state index in [9.17, 15) is 14.4 Å². The van der Waals surface area contributed by atoms with Gasteiger partial charge in [-0.25, -0.2) is 19.3 Å². The summed E-state index contributed by atoms with van der Waals surface area (Å²) in [6, 6.07) is 13.6. The summed E-state index contributed by atoms with van der Waals surface area (Å²) < 4.78 is 25.5. The number of rotatable bonds is 8. The van der Waals surface area contributed by atoms with E-state index in [-0.39, 0.29) is 17.2 Å². The molecule has 0 unspecified atom stereocenters. The molecule has 1 saturated carbocycles. The third kappa shape index (κ3) is 4.94. The van der Waals surface area contributed by atoms with Crippen LogP contribution < -0.4 is 19.7 Å². The molecule has 40 heavy (non-hydrogen) atoms. The highest BCUT2D eigenvalue weighted by Gasteiger charge is 2.54. The van der Waals surface area contributed by atoms with Gasteiger partial charge in [0.15, 0.2) is 11.4 Å². The van der Waals surface area contributed by atoms with E-state index in [1.807, 2.05) is 13.0 Å². The van der Waals surface area contributed by atoms with Crippen LogP contribution in [0.2, 0.25) is 0 Å². The molecule has 1 spiro atoms. The number of aromatic nitrogens is 3. The number of carbonyl (C=O) groups excluding carboxylic acids is 1. The molecule has 9 nitrogen and oxygen atoms in total. The zero-order valence-electron chi connectivity index (χ0n) is 21.6. The van der Waals surface area contributed by atoms with Crippen LogP contribution in [0.25, 0.3) is 11.3 Å². The van der Waals surface area contributed by atoms with Gasteiger partial charge in [0.25, 0.3) is 5.91 Å². The average molecular weight is 557 g/mol. The third-order valence-electron chi connectivity index (χ3n) is 7.16. The van der Waals surface area contributed by atoms with Gasteiger partial charge in [-0.2, -0.15) is 5.26 Å². The van der Waals surface area contributed by atoms with Gasteiger partial charge in [0.2, 0.25) is 5.88 Å². The lowest BCUT2D eigenvalue weighted by molar-refractivity contribution is -0.0344. The van der Waals surface area contributed by atoms with Gasteiger partial charge in [-0.05, 0) is 62.2 Å². The van der Waals surface area contributed by atoms with Crippen molar-refractivity contribution in [3.8, 4) is 29.0 Å². The number of carbonyl (C=O) groups is 1. The molecule has 11 heteroatoms. The largest absolute Gasteiger partial charge is 0.488 e. The molecule has 1 aliphatic heterocycles. The number of ether oxygens (including phenoxy) is 2. The Bertz CT molecular complexity index is 1590. The first-order valence-electron chi connectivity index (χ1n) is 12.9. The predicted molar refractivity (Wildman–Crippen MR) is 148 cm³/mol. The van der Waals surface area contributed by atoms with E-state index in [4.69, 9.17) is 9.47 Å². The maximum absolute atomic E-state index is 13.5. The van der Waals surface area contributed by atoms with Crippen molar-refractivity contribution in [2.24, 2.45) is 5.41 Å². The fraction of sp³-hybridized carbons (Fsp3) is 0.276. The van der Waals surface area contributed by atoms with E-state index < -0.39 is 11.7 Å². The number of nitriles is 1. The molecule has 4 aromatic rings. The molecule has 2 fully saturated rings. The second-order valence-corrected chi connectivity index (χ2v) is 10.7. The van der Waals surface area contributed by atoms with E-state index in [1.54, 1.807) is 41.4 Å². The molecule has 1 saturated heterocycles. The van der Waals surface area contributed by atoms with Gasteiger partial charge in [-0.1, -0.05) is 0 Å². The summed E-state index contributed by atoms with van der Waals surface area (Å²) >= 11 is 1.38. The Morgan fingerprint density at radius 1 is 1.25 bits per heavy atom. The summed E-state index contributed by atoms with van der Waals surface area (Å²) in [5, 5.41) is 13.9. The Hall–Kier alpha value is -4.56. The van der Waals surface area contributed by atoms with Gasteiger partial charge in [-0.15, -0.1) is 11.3 Å². The number of pyridine rings is 2. The molecular formula is C29H25FN6O3S. The van der Waals surface area contributed by atoms with Crippen molar-refractivity contribution in [1.82, 2.24) is 15.0 Å². The van der Waals surface area contributed by atoms with E-state index >= 15 is 0 Å². The van der Waals surface area contributed by atoms with E-state index in [1.165, 1.54) is 23.5 Å². The smallest absolute Gasteiger partial charge is 0.279 e. The number of hydrogen-bond acceptors (Lipinski definition) is 9. The maximum Gasteiger partial charge on any atom is 0.279 e. The second-order valence-electron chi connectivity index (χ2n) is 9.94. The Labute approximate surface area is 234 Å². The van der Waals surface area contributed by atoms with Crippen LogP contribution in [0.3, 0.4) is 0 Å². The number of anilines is 2. The Morgan fingerprint density at radius 3 is 2.85 bits per heavy atom. The number of benzene rings is 1. The van der Waals surface area contributed by atoms with Crippen molar-refractivity contribution < 1.29 is 18.7 Å². The number of amides is 1. The van der Waals surface area contributed by atoms with Gasteiger partial charge >= 0.3 is 0 Å². The lowest BCUT2D eigenvalue weighted by atomic mass is 9.61. The van der Waals surface area contributed by atoms with Crippen LogP contribution in [-0.2, 0) is 0 Å². The van der Waals surface area contributed by atoms with E-state index in [2.05, 4.69) is 31.2 Å². The molecule has 1 aromatic carbocycles. The molecule has 0 atom stereocenters. The normalized spacial score (nSPS) is 15.6. The molecule has 0 radical (unpaired) electrons. The monoisotopic (exact) mass is 556 g/mol. The van der Waals surface area contributed by atoms with Crippen molar-refractivity contribution in [2.45, 2.75) is 25.9 Å². The number of halogens is 1. The summed E-state index contributed by atoms with van der Waals surface area (Å²) in [4.78, 5) is 28.5. The highest BCUT2D eigenvalue weighted by molar-refractivity contribution is 7.07. The molecule has 1 N–H and O–H groups in total.